The van der Waals surface area contributed by atoms with Crippen LogP contribution in [0, 0.1) is 6.92 Å². The smallest absolute Gasteiger partial charge is 0.252 e. The molecule has 1 aromatic rings. The van der Waals surface area contributed by atoms with Crippen molar-refractivity contribution in [3.8, 4) is 0 Å². The van der Waals surface area contributed by atoms with Gasteiger partial charge in [-0.2, -0.15) is 0 Å². The number of pyridine rings is 1. The second-order valence-electron chi connectivity index (χ2n) is 4.00. The largest absolute Gasteiger partial charge is 0.392 e. The number of nitrogens with one attached hydrogen (secondary N) is 2. The SMILES string of the molecule is Cc1ccc(C(=O)NCCNCC(C)O)cn1. The number of hydrogen-bond acceptors (Lipinski definition) is 4. The fourth-order valence-corrected chi connectivity index (χ4v) is 1.28. The highest BCUT2D eigenvalue weighted by atomic mass is 16.3. The molecular formula is C12H19N3O2. The maximum absolute atomic E-state index is 11.6. The Bertz CT molecular complexity index is 349. The summed E-state index contributed by atoms with van der Waals surface area (Å²) >= 11 is 0. The van der Waals surface area contributed by atoms with Gasteiger partial charge in [0.15, 0.2) is 0 Å². The summed E-state index contributed by atoms with van der Waals surface area (Å²) in [6.45, 7) is 5.28. The van der Waals surface area contributed by atoms with Gasteiger partial charge in [-0.3, -0.25) is 9.78 Å². The van der Waals surface area contributed by atoms with Gasteiger partial charge in [0.2, 0.25) is 0 Å². The Morgan fingerprint density at radius 3 is 2.82 bits per heavy atom. The van der Waals surface area contributed by atoms with E-state index in [2.05, 4.69) is 15.6 Å². The normalized spacial score (nSPS) is 12.2. The van der Waals surface area contributed by atoms with Crippen LogP contribution >= 0.6 is 0 Å². The van der Waals surface area contributed by atoms with Gasteiger partial charge in [-0.25, -0.2) is 0 Å². The lowest BCUT2D eigenvalue weighted by Crippen LogP contribution is -2.34. The van der Waals surface area contributed by atoms with Crippen molar-refractivity contribution in [2.24, 2.45) is 0 Å². The molecule has 3 N–H and O–H groups in total. The molecule has 1 aromatic heterocycles. The summed E-state index contributed by atoms with van der Waals surface area (Å²) < 4.78 is 0. The maximum atomic E-state index is 11.6. The third-order valence-electron chi connectivity index (χ3n) is 2.20. The molecule has 0 saturated carbocycles. The second kappa shape index (κ2) is 6.98. The lowest BCUT2D eigenvalue weighted by Gasteiger charge is -2.08. The van der Waals surface area contributed by atoms with Gasteiger partial charge in [0, 0.05) is 31.5 Å². The van der Waals surface area contributed by atoms with Gasteiger partial charge in [0.1, 0.15) is 0 Å². The van der Waals surface area contributed by atoms with Crippen molar-refractivity contribution in [3.63, 3.8) is 0 Å². The Balaban J connectivity index is 2.23. The number of rotatable bonds is 6. The van der Waals surface area contributed by atoms with E-state index in [1.54, 1.807) is 25.3 Å². The van der Waals surface area contributed by atoms with E-state index in [1.165, 1.54) is 0 Å². The van der Waals surface area contributed by atoms with E-state index in [1.807, 2.05) is 6.92 Å². The molecular weight excluding hydrogens is 218 g/mol. The molecule has 0 saturated heterocycles. The molecule has 1 unspecified atom stereocenters. The lowest BCUT2D eigenvalue weighted by atomic mass is 10.2. The fourth-order valence-electron chi connectivity index (χ4n) is 1.28. The molecule has 0 aromatic carbocycles. The van der Waals surface area contributed by atoms with E-state index in [-0.39, 0.29) is 12.0 Å². The highest BCUT2D eigenvalue weighted by molar-refractivity contribution is 5.93. The molecule has 0 aliphatic carbocycles. The summed E-state index contributed by atoms with van der Waals surface area (Å²) in [7, 11) is 0. The van der Waals surface area contributed by atoms with E-state index in [0.717, 1.165) is 5.69 Å². The Kier molecular flexibility index (Phi) is 5.59. The van der Waals surface area contributed by atoms with Crippen molar-refractivity contribution in [1.29, 1.82) is 0 Å². The molecule has 5 nitrogen and oxygen atoms in total. The highest BCUT2D eigenvalue weighted by Gasteiger charge is 2.04. The number of carbonyl (C=O) groups is 1. The molecule has 0 fully saturated rings. The van der Waals surface area contributed by atoms with Crippen LogP contribution in [-0.2, 0) is 0 Å². The summed E-state index contributed by atoms with van der Waals surface area (Å²) in [6, 6.07) is 3.56. The van der Waals surface area contributed by atoms with Gasteiger partial charge in [0.05, 0.1) is 11.7 Å². The van der Waals surface area contributed by atoms with Crippen LogP contribution < -0.4 is 10.6 Å². The molecule has 5 heteroatoms. The van der Waals surface area contributed by atoms with Gasteiger partial charge in [-0.05, 0) is 26.0 Å². The fraction of sp³-hybridized carbons (Fsp3) is 0.500. The van der Waals surface area contributed by atoms with Gasteiger partial charge in [-0.1, -0.05) is 0 Å². The Morgan fingerprint density at radius 1 is 1.47 bits per heavy atom. The van der Waals surface area contributed by atoms with Gasteiger partial charge in [-0.15, -0.1) is 0 Å². The van der Waals surface area contributed by atoms with Crippen molar-refractivity contribution in [2.75, 3.05) is 19.6 Å². The number of aliphatic hydroxyl groups is 1. The molecule has 17 heavy (non-hydrogen) atoms. The Labute approximate surface area is 101 Å². The molecule has 1 rings (SSSR count). The van der Waals surface area contributed by atoms with Crippen molar-refractivity contribution in [1.82, 2.24) is 15.6 Å². The van der Waals surface area contributed by atoms with Crippen LogP contribution in [0.4, 0.5) is 0 Å². The first kappa shape index (κ1) is 13.6. The zero-order chi connectivity index (χ0) is 12.7. The molecule has 94 valence electrons. The molecule has 0 aliphatic heterocycles. The molecule has 0 spiro atoms. The third kappa shape index (κ3) is 5.42. The zero-order valence-electron chi connectivity index (χ0n) is 10.2. The minimum absolute atomic E-state index is 0.128. The van der Waals surface area contributed by atoms with Gasteiger partial charge >= 0.3 is 0 Å². The average molecular weight is 237 g/mol. The first-order valence-electron chi connectivity index (χ1n) is 5.69. The first-order valence-corrected chi connectivity index (χ1v) is 5.69. The summed E-state index contributed by atoms with van der Waals surface area (Å²) in [5, 5.41) is 14.8. The number of hydrogen-bond donors (Lipinski definition) is 3. The van der Waals surface area contributed by atoms with E-state index < -0.39 is 0 Å². The van der Waals surface area contributed by atoms with E-state index in [0.29, 0.717) is 25.2 Å². The van der Waals surface area contributed by atoms with Crippen molar-refractivity contribution < 1.29 is 9.90 Å². The highest BCUT2D eigenvalue weighted by Crippen LogP contribution is 1.98. The van der Waals surface area contributed by atoms with Crippen LogP contribution in [0.2, 0.25) is 0 Å². The van der Waals surface area contributed by atoms with Gasteiger partial charge < -0.3 is 15.7 Å². The summed E-state index contributed by atoms with van der Waals surface area (Å²) in [4.78, 5) is 15.7. The van der Waals surface area contributed by atoms with Crippen LogP contribution in [0.25, 0.3) is 0 Å². The van der Waals surface area contributed by atoms with Gasteiger partial charge in [0.25, 0.3) is 5.91 Å². The topological polar surface area (TPSA) is 74.2 Å². The molecule has 0 aliphatic rings. The number of nitrogens with zero attached hydrogens (tertiary/aromatic N) is 1. The number of carbonyl (C=O) groups excluding carboxylic acids is 1. The van der Waals surface area contributed by atoms with E-state index in [4.69, 9.17) is 5.11 Å². The lowest BCUT2D eigenvalue weighted by molar-refractivity contribution is 0.0953. The van der Waals surface area contributed by atoms with Crippen molar-refractivity contribution >= 4 is 5.91 Å². The predicted octanol–water partition coefficient (Wildman–Crippen LogP) is 0.0902. The molecule has 0 bridgehead atoms. The minimum Gasteiger partial charge on any atom is -0.392 e. The van der Waals surface area contributed by atoms with Crippen molar-refractivity contribution in [3.05, 3.63) is 29.6 Å². The summed E-state index contributed by atoms with van der Waals surface area (Å²) in [5.74, 6) is -0.128. The van der Waals surface area contributed by atoms with Crippen molar-refractivity contribution in [2.45, 2.75) is 20.0 Å². The molecule has 1 heterocycles. The van der Waals surface area contributed by atoms with Crippen LogP contribution in [0.3, 0.4) is 0 Å². The standard InChI is InChI=1S/C12H19N3O2/c1-9-3-4-11(8-15-9)12(17)14-6-5-13-7-10(2)16/h3-4,8,10,13,16H,5-7H2,1-2H3,(H,14,17). The average Bonchev–Trinajstić information content (AvgIpc) is 2.29. The number of aromatic nitrogens is 1. The Morgan fingerprint density at radius 2 is 2.24 bits per heavy atom. The van der Waals surface area contributed by atoms with E-state index in [9.17, 15) is 4.79 Å². The summed E-state index contributed by atoms with van der Waals surface area (Å²) in [6.07, 6.45) is 1.19. The van der Waals surface area contributed by atoms with Crippen LogP contribution in [0.15, 0.2) is 18.3 Å². The van der Waals surface area contributed by atoms with Crippen LogP contribution in [0.5, 0.6) is 0 Å². The number of aryl methyl sites for hydroxylation is 1. The monoisotopic (exact) mass is 237 g/mol. The maximum Gasteiger partial charge on any atom is 0.252 e. The minimum atomic E-state index is -0.369. The quantitative estimate of drug-likeness (QED) is 0.613. The third-order valence-corrected chi connectivity index (χ3v) is 2.20. The predicted molar refractivity (Wildman–Crippen MR) is 65.9 cm³/mol. The zero-order valence-corrected chi connectivity index (χ0v) is 10.2. The van der Waals surface area contributed by atoms with Crippen LogP contribution in [-0.4, -0.2) is 41.7 Å². The molecule has 1 atom stereocenters. The number of amides is 1. The first-order chi connectivity index (χ1) is 8.09. The van der Waals surface area contributed by atoms with E-state index >= 15 is 0 Å². The number of aliphatic hydroxyl groups excluding tert-OH is 1. The molecule has 0 radical (unpaired) electrons. The Hall–Kier alpha value is -1.46. The summed E-state index contributed by atoms with van der Waals surface area (Å²) in [5.41, 5.74) is 1.45. The van der Waals surface area contributed by atoms with Crippen LogP contribution in [0.1, 0.15) is 23.0 Å². The molecule has 1 amide bonds. The second-order valence-corrected chi connectivity index (χ2v) is 4.00.